The molecule has 4 rings (SSSR count). The summed E-state index contributed by atoms with van der Waals surface area (Å²) >= 11 is 1.55. The SMILES string of the molecule is CC1C(C(=O)O)CCN1C(=O)c1cc2c(s1)-c1ccccc1CC2. The summed E-state index contributed by atoms with van der Waals surface area (Å²) in [7, 11) is 0. The molecule has 1 N–H and O–H groups in total. The molecule has 2 aliphatic rings. The summed E-state index contributed by atoms with van der Waals surface area (Å²) in [5.41, 5.74) is 3.82. The van der Waals surface area contributed by atoms with Crippen molar-refractivity contribution in [3.63, 3.8) is 0 Å². The standard InChI is InChI=1S/C19H19NO3S/c1-11-14(19(22)23)8-9-20(11)18(21)16-10-13-7-6-12-4-2-3-5-15(12)17(13)24-16/h2-5,10-11,14H,6-9H2,1H3,(H,22,23). The number of hydrogen-bond acceptors (Lipinski definition) is 3. The smallest absolute Gasteiger partial charge is 0.308 e. The average Bonchev–Trinajstić information content (AvgIpc) is 3.18. The average molecular weight is 341 g/mol. The van der Waals surface area contributed by atoms with Gasteiger partial charge in [-0.2, -0.15) is 0 Å². The second kappa shape index (κ2) is 5.74. The quantitative estimate of drug-likeness (QED) is 0.910. The summed E-state index contributed by atoms with van der Waals surface area (Å²) < 4.78 is 0. The molecule has 0 spiro atoms. The lowest BCUT2D eigenvalue weighted by molar-refractivity contribution is -0.142. The van der Waals surface area contributed by atoms with E-state index in [1.54, 1.807) is 16.2 Å². The van der Waals surface area contributed by atoms with Crippen LogP contribution in [0.5, 0.6) is 0 Å². The van der Waals surface area contributed by atoms with Crippen molar-refractivity contribution in [2.75, 3.05) is 6.54 Å². The van der Waals surface area contributed by atoms with Crippen molar-refractivity contribution in [3.8, 4) is 10.4 Å². The predicted molar refractivity (Wildman–Crippen MR) is 93.4 cm³/mol. The van der Waals surface area contributed by atoms with Gasteiger partial charge in [-0.1, -0.05) is 24.3 Å². The third-order valence-electron chi connectivity index (χ3n) is 5.28. The van der Waals surface area contributed by atoms with Crippen LogP contribution in [0.15, 0.2) is 30.3 Å². The van der Waals surface area contributed by atoms with Gasteiger partial charge in [0.05, 0.1) is 10.8 Å². The van der Waals surface area contributed by atoms with E-state index >= 15 is 0 Å². The number of aliphatic carboxylic acids is 1. The van der Waals surface area contributed by atoms with Crippen LogP contribution in [0.3, 0.4) is 0 Å². The molecule has 4 nitrogen and oxygen atoms in total. The third kappa shape index (κ3) is 2.35. The van der Waals surface area contributed by atoms with Crippen LogP contribution < -0.4 is 0 Å². The van der Waals surface area contributed by atoms with E-state index in [0.29, 0.717) is 13.0 Å². The first-order valence-corrected chi connectivity index (χ1v) is 9.12. The van der Waals surface area contributed by atoms with Gasteiger partial charge < -0.3 is 10.0 Å². The minimum absolute atomic E-state index is 0.0249. The number of amides is 1. The number of hydrogen-bond donors (Lipinski definition) is 1. The molecule has 1 saturated heterocycles. The monoisotopic (exact) mass is 341 g/mol. The van der Waals surface area contributed by atoms with E-state index < -0.39 is 11.9 Å². The first-order chi connectivity index (χ1) is 11.6. The highest BCUT2D eigenvalue weighted by molar-refractivity contribution is 7.17. The number of benzene rings is 1. The van der Waals surface area contributed by atoms with Crippen molar-refractivity contribution in [2.45, 2.75) is 32.2 Å². The molecule has 0 saturated carbocycles. The Balaban J connectivity index is 1.64. The second-order valence-electron chi connectivity index (χ2n) is 6.59. The van der Waals surface area contributed by atoms with Crippen LogP contribution in [0, 0.1) is 5.92 Å². The fourth-order valence-electron chi connectivity index (χ4n) is 3.88. The van der Waals surface area contributed by atoms with Gasteiger partial charge in [0.1, 0.15) is 0 Å². The van der Waals surface area contributed by atoms with Crippen molar-refractivity contribution in [2.24, 2.45) is 5.92 Å². The van der Waals surface area contributed by atoms with Crippen LogP contribution in [0.2, 0.25) is 0 Å². The normalized spacial score (nSPS) is 22.1. The van der Waals surface area contributed by atoms with Crippen molar-refractivity contribution in [1.29, 1.82) is 0 Å². The molecule has 0 bridgehead atoms. The number of carboxylic acids is 1. The van der Waals surface area contributed by atoms with E-state index in [2.05, 4.69) is 18.2 Å². The highest BCUT2D eigenvalue weighted by Gasteiger charge is 2.39. The summed E-state index contributed by atoms with van der Waals surface area (Å²) in [4.78, 5) is 27.8. The largest absolute Gasteiger partial charge is 0.481 e. The summed E-state index contributed by atoms with van der Waals surface area (Å²) in [6.45, 7) is 2.36. The summed E-state index contributed by atoms with van der Waals surface area (Å²) in [5, 5.41) is 9.26. The molecule has 1 aromatic carbocycles. The molecule has 5 heteroatoms. The van der Waals surface area contributed by atoms with Crippen LogP contribution >= 0.6 is 11.3 Å². The number of aryl methyl sites for hydroxylation is 2. The number of rotatable bonds is 2. The molecule has 0 radical (unpaired) electrons. The topological polar surface area (TPSA) is 57.6 Å². The Morgan fingerprint density at radius 1 is 1.21 bits per heavy atom. The number of carbonyl (C=O) groups is 2. The number of likely N-dealkylation sites (tertiary alicyclic amines) is 1. The zero-order valence-corrected chi connectivity index (χ0v) is 14.3. The summed E-state index contributed by atoms with van der Waals surface area (Å²) in [6, 6.07) is 10.1. The van der Waals surface area contributed by atoms with Gasteiger partial charge in [-0.3, -0.25) is 9.59 Å². The van der Waals surface area contributed by atoms with Gasteiger partial charge in [-0.15, -0.1) is 11.3 Å². The van der Waals surface area contributed by atoms with E-state index in [0.717, 1.165) is 17.7 Å². The van der Waals surface area contributed by atoms with E-state index in [9.17, 15) is 14.7 Å². The second-order valence-corrected chi connectivity index (χ2v) is 7.65. The number of carboxylic acid groups (broad SMARTS) is 1. The van der Waals surface area contributed by atoms with E-state index in [-0.39, 0.29) is 11.9 Å². The fourth-order valence-corrected chi connectivity index (χ4v) is 5.10. The molecule has 1 aliphatic carbocycles. The maximum atomic E-state index is 12.9. The summed E-state index contributed by atoms with van der Waals surface area (Å²) in [6.07, 6.45) is 2.51. The minimum atomic E-state index is -0.808. The molecule has 1 amide bonds. The molecule has 2 aromatic rings. The van der Waals surface area contributed by atoms with Gasteiger partial charge in [0.15, 0.2) is 0 Å². The molecule has 24 heavy (non-hydrogen) atoms. The lowest BCUT2D eigenvalue weighted by Gasteiger charge is -2.22. The van der Waals surface area contributed by atoms with E-state index in [1.807, 2.05) is 19.1 Å². The number of carbonyl (C=O) groups excluding carboxylic acids is 1. The van der Waals surface area contributed by atoms with Gasteiger partial charge in [-0.25, -0.2) is 0 Å². The molecule has 2 atom stereocenters. The lowest BCUT2D eigenvalue weighted by Crippen LogP contribution is -2.37. The molecule has 1 aliphatic heterocycles. The zero-order valence-electron chi connectivity index (χ0n) is 13.5. The lowest BCUT2D eigenvalue weighted by atomic mass is 9.91. The van der Waals surface area contributed by atoms with Gasteiger partial charge >= 0.3 is 5.97 Å². The fraction of sp³-hybridized carbons (Fsp3) is 0.368. The van der Waals surface area contributed by atoms with Crippen LogP contribution in [-0.2, 0) is 17.6 Å². The zero-order chi connectivity index (χ0) is 16.8. The minimum Gasteiger partial charge on any atom is -0.481 e. The molecule has 1 fully saturated rings. The Kier molecular flexibility index (Phi) is 3.68. The van der Waals surface area contributed by atoms with Gasteiger partial charge in [0, 0.05) is 17.5 Å². The Labute approximate surface area is 144 Å². The van der Waals surface area contributed by atoms with Crippen molar-refractivity contribution < 1.29 is 14.7 Å². The van der Waals surface area contributed by atoms with Gasteiger partial charge in [-0.05, 0) is 48.9 Å². The highest BCUT2D eigenvalue weighted by atomic mass is 32.1. The maximum absolute atomic E-state index is 12.9. The summed E-state index contributed by atoms with van der Waals surface area (Å²) in [5.74, 6) is -1.29. The first-order valence-electron chi connectivity index (χ1n) is 8.31. The van der Waals surface area contributed by atoms with Crippen LogP contribution in [0.25, 0.3) is 10.4 Å². The van der Waals surface area contributed by atoms with E-state index in [4.69, 9.17) is 0 Å². The molecular formula is C19H19NO3S. The Morgan fingerprint density at radius 2 is 1.96 bits per heavy atom. The Morgan fingerprint density at radius 3 is 2.71 bits per heavy atom. The maximum Gasteiger partial charge on any atom is 0.308 e. The highest BCUT2D eigenvalue weighted by Crippen LogP contribution is 2.40. The van der Waals surface area contributed by atoms with Crippen molar-refractivity contribution in [1.82, 2.24) is 4.90 Å². The molecular weight excluding hydrogens is 322 g/mol. The van der Waals surface area contributed by atoms with Crippen LogP contribution in [0.1, 0.15) is 34.1 Å². The van der Waals surface area contributed by atoms with Crippen LogP contribution in [-0.4, -0.2) is 34.5 Å². The third-order valence-corrected chi connectivity index (χ3v) is 6.48. The number of thiophene rings is 1. The molecule has 124 valence electrons. The van der Waals surface area contributed by atoms with Crippen molar-refractivity contribution in [3.05, 3.63) is 46.3 Å². The van der Waals surface area contributed by atoms with Gasteiger partial charge in [0.25, 0.3) is 5.91 Å². The van der Waals surface area contributed by atoms with Crippen LogP contribution in [0.4, 0.5) is 0 Å². The Bertz CT molecular complexity index is 826. The molecule has 2 unspecified atom stereocenters. The number of nitrogens with zero attached hydrogens (tertiary/aromatic N) is 1. The van der Waals surface area contributed by atoms with Crippen molar-refractivity contribution >= 4 is 23.2 Å². The first kappa shape index (κ1) is 15.4. The predicted octanol–water partition coefficient (Wildman–Crippen LogP) is 3.45. The Hall–Kier alpha value is -2.14. The molecule has 1 aromatic heterocycles. The number of fused-ring (bicyclic) bond motifs is 3. The van der Waals surface area contributed by atoms with E-state index in [1.165, 1.54) is 21.6 Å². The van der Waals surface area contributed by atoms with Gasteiger partial charge in [0.2, 0.25) is 0 Å². The molecule has 2 heterocycles.